The highest BCUT2D eigenvalue weighted by atomic mass is 16.5. The fourth-order valence-corrected chi connectivity index (χ4v) is 5.09. The van der Waals surface area contributed by atoms with E-state index in [2.05, 4.69) is 87.8 Å². The number of hydrogen-bond donors (Lipinski definition) is 2. The summed E-state index contributed by atoms with van der Waals surface area (Å²) in [6.07, 6.45) is 2.07. The van der Waals surface area contributed by atoms with Crippen LogP contribution in [0, 0.1) is 6.92 Å². The number of hydrogen-bond acceptors (Lipinski definition) is 4. The second-order valence-corrected chi connectivity index (χ2v) is 9.52. The van der Waals surface area contributed by atoms with Gasteiger partial charge in [-0.1, -0.05) is 42.5 Å². The first-order chi connectivity index (χ1) is 17.6. The Morgan fingerprint density at radius 3 is 2.53 bits per heavy atom. The van der Waals surface area contributed by atoms with Gasteiger partial charge in [0.25, 0.3) is 0 Å². The minimum Gasteiger partial charge on any atom is -0.497 e. The molecule has 1 aliphatic heterocycles. The van der Waals surface area contributed by atoms with Gasteiger partial charge < -0.3 is 19.9 Å². The Hall–Kier alpha value is -3.77. The molecule has 1 aliphatic rings. The SMILES string of the molecule is COc1ccc([C@H](CNC(=O)CN2CCN(c3cccc(C)c3)CC2)c2c[nH]c3ccccc23)cc1. The molecule has 1 atom stereocenters. The van der Waals surface area contributed by atoms with Crippen molar-refractivity contribution in [3.63, 3.8) is 0 Å². The molecular formula is C30H34N4O2. The summed E-state index contributed by atoms with van der Waals surface area (Å²) in [6, 6.07) is 25.1. The number of aromatic amines is 1. The number of carbonyl (C=O) groups excluding carboxylic acids is 1. The van der Waals surface area contributed by atoms with Gasteiger partial charge >= 0.3 is 0 Å². The van der Waals surface area contributed by atoms with Crippen molar-refractivity contribution in [3.05, 3.63) is 95.7 Å². The molecule has 36 heavy (non-hydrogen) atoms. The highest BCUT2D eigenvalue weighted by Gasteiger charge is 2.22. The van der Waals surface area contributed by atoms with Crippen LogP contribution in [0.3, 0.4) is 0 Å². The molecule has 186 valence electrons. The van der Waals surface area contributed by atoms with Crippen LogP contribution >= 0.6 is 0 Å². The highest BCUT2D eigenvalue weighted by Crippen LogP contribution is 2.31. The van der Waals surface area contributed by atoms with Crippen LogP contribution in [0.4, 0.5) is 5.69 Å². The molecule has 0 aliphatic carbocycles. The van der Waals surface area contributed by atoms with Crippen molar-refractivity contribution in [1.82, 2.24) is 15.2 Å². The summed E-state index contributed by atoms with van der Waals surface area (Å²) in [5.41, 5.74) is 5.97. The third-order valence-electron chi connectivity index (χ3n) is 7.12. The van der Waals surface area contributed by atoms with E-state index >= 15 is 0 Å². The van der Waals surface area contributed by atoms with Crippen molar-refractivity contribution in [1.29, 1.82) is 0 Å². The van der Waals surface area contributed by atoms with E-state index in [1.807, 2.05) is 18.2 Å². The van der Waals surface area contributed by atoms with Crippen LogP contribution in [-0.2, 0) is 4.79 Å². The van der Waals surface area contributed by atoms with Crippen LogP contribution in [0.1, 0.15) is 22.6 Å². The molecule has 0 spiro atoms. The molecule has 3 aromatic carbocycles. The first-order valence-corrected chi connectivity index (χ1v) is 12.6. The Bertz CT molecular complexity index is 1310. The number of nitrogens with zero attached hydrogens (tertiary/aromatic N) is 2. The van der Waals surface area contributed by atoms with Gasteiger partial charge in [0.15, 0.2) is 0 Å². The second-order valence-electron chi connectivity index (χ2n) is 9.52. The number of aryl methyl sites for hydroxylation is 1. The zero-order valence-corrected chi connectivity index (χ0v) is 21.0. The Morgan fingerprint density at radius 1 is 1.00 bits per heavy atom. The number of amides is 1. The third-order valence-corrected chi connectivity index (χ3v) is 7.12. The third kappa shape index (κ3) is 5.39. The van der Waals surface area contributed by atoms with E-state index < -0.39 is 0 Å². The number of carbonyl (C=O) groups is 1. The lowest BCUT2D eigenvalue weighted by Crippen LogP contribution is -2.49. The molecule has 1 aromatic heterocycles. The van der Waals surface area contributed by atoms with Crippen molar-refractivity contribution < 1.29 is 9.53 Å². The average molecular weight is 483 g/mol. The van der Waals surface area contributed by atoms with Crippen molar-refractivity contribution in [3.8, 4) is 5.75 Å². The fraction of sp³-hybridized carbons (Fsp3) is 0.300. The lowest BCUT2D eigenvalue weighted by molar-refractivity contribution is -0.122. The maximum absolute atomic E-state index is 13.0. The normalized spacial score (nSPS) is 15.1. The summed E-state index contributed by atoms with van der Waals surface area (Å²) in [6.45, 7) is 6.71. The predicted octanol–water partition coefficient (Wildman–Crippen LogP) is 4.56. The van der Waals surface area contributed by atoms with E-state index in [0.717, 1.165) is 43.0 Å². The van der Waals surface area contributed by atoms with Crippen molar-refractivity contribution in [2.45, 2.75) is 12.8 Å². The van der Waals surface area contributed by atoms with Crippen LogP contribution in [0.2, 0.25) is 0 Å². The van der Waals surface area contributed by atoms with Crippen LogP contribution < -0.4 is 15.0 Å². The monoisotopic (exact) mass is 482 g/mol. The van der Waals surface area contributed by atoms with Crippen LogP contribution in [0.25, 0.3) is 10.9 Å². The number of fused-ring (bicyclic) bond motifs is 1. The van der Waals surface area contributed by atoms with Gasteiger partial charge in [-0.05, 0) is 53.9 Å². The number of methoxy groups -OCH3 is 1. The summed E-state index contributed by atoms with van der Waals surface area (Å²) in [5, 5.41) is 4.40. The van der Waals surface area contributed by atoms with Crippen molar-refractivity contribution >= 4 is 22.5 Å². The number of nitrogens with one attached hydrogen (secondary N) is 2. The largest absolute Gasteiger partial charge is 0.497 e. The highest BCUT2D eigenvalue weighted by molar-refractivity contribution is 5.84. The van der Waals surface area contributed by atoms with E-state index in [9.17, 15) is 4.79 Å². The van der Waals surface area contributed by atoms with E-state index in [1.165, 1.54) is 22.2 Å². The van der Waals surface area contributed by atoms with Gasteiger partial charge in [-0.2, -0.15) is 0 Å². The standard InChI is InChI=1S/C30H34N4O2/c1-22-6-5-7-24(18-22)34-16-14-33(15-17-34)21-30(35)32-19-27(23-10-12-25(36-2)13-11-23)28-20-31-29-9-4-3-8-26(28)29/h3-13,18,20,27,31H,14-17,19,21H2,1-2H3,(H,32,35)/t27-/m0/s1. The van der Waals surface area contributed by atoms with Crippen LogP contribution in [0.5, 0.6) is 5.75 Å². The first kappa shape index (κ1) is 23.9. The molecule has 6 nitrogen and oxygen atoms in total. The lowest BCUT2D eigenvalue weighted by atomic mass is 9.90. The molecule has 0 saturated carbocycles. The smallest absolute Gasteiger partial charge is 0.234 e. The van der Waals surface area contributed by atoms with Gasteiger partial charge in [0, 0.05) is 61.4 Å². The number of para-hydroxylation sites is 1. The topological polar surface area (TPSA) is 60.6 Å². The number of ether oxygens (including phenoxy) is 1. The maximum Gasteiger partial charge on any atom is 0.234 e. The first-order valence-electron chi connectivity index (χ1n) is 12.6. The molecule has 0 unspecified atom stereocenters. The molecule has 0 bridgehead atoms. The van der Waals surface area contributed by atoms with Gasteiger partial charge in [-0.25, -0.2) is 0 Å². The second kappa shape index (κ2) is 10.9. The predicted molar refractivity (Wildman–Crippen MR) is 146 cm³/mol. The molecule has 1 saturated heterocycles. The quantitative estimate of drug-likeness (QED) is 0.387. The van der Waals surface area contributed by atoms with Gasteiger partial charge in [-0.15, -0.1) is 0 Å². The van der Waals surface area contributed by atoms with Crippen molar-refractivity contribution in [2.24, 2.45) is 0 Å². The number of rotatable bonds is 8. The molecule has 1 amide bonds. The van der Waals surface area contributed by atoms with Gasteiger partial charge in [0.1, 0.15) is 5.75 Å². The van der Waals surface area contributed by atoms with E-state index in [1.54, 1.807) is 7.11 Å². The van der Waals surface area contributed by atoms with Crippen molar-refractivity contribution in [2.75, 3.05) is 51.3 Å². The van der Waals surface area contributed by atoms with Crippen LogP contribution in [-0.4, -0.2) is 62.2 Å². The minimum absolute atomic E-state index is 0.0363. The average Bonchev–Trinajstić information content (AvgIpc) is 3.34. The zero-order chi connectivity index (χ0) is 24.9. The summed E-state index contributed by atoms with van der Waals surface area (Å²) in [5.74, 6) is 0.928. The molecule has 0 radical (unpaired) electrons. The molecule has 4 aromatic rings. The summed E-state index contributed by atoms with van der Waals surface area (Å²) < 4.78 is 5.35. The Balaban J connectivity index is 1.23. The fourth-order valence-electron chi connectivity index (χ4n) is 5.09. The molecule has 2 N–H and O–H groups in total. The van der Waals surface area contributed by atoms with E-state index in [0.29, 0.717) is 13.1 Å². The summed E-state index contributed by atoms with van der Waals surface area (Å²) in [7, 11) is 1.67. The number of benzene rings is 3. The number of piperazine rings is 1. The number of aromatic nitrogens is 1. The Morgan fingerprint density at radius 2 is 1.78 bits per heavy atom. The molecular weight excluding hydrogens is 448 g/mol. The van der Waals surface area contributed by atoms with Crippen LogP contribution in [0.15, 0.2) is 79.0 Å². The molecule has 6 heteroatoms. The lowest BCUT2D eigenvalue weighted by Gasteiger charge is -2.36. The maximum atomic E-state index is 13.0. The van der Waals surface area contributed by atoms with E-state index in [4.69, 9.17) is 4.74 Å². The van der Waals surface area contributed by atoms with Gasteiger partial charge in [0.2, 0.25) is 5.91 Å². The van der Waals surface area contributed by atoms with E-state index in [-0.39, 0.29) is 11.8 Å². The summed E-state index contributed by atoms with van der Waals surface area (Å²) >= 11 is 0. The Kier molecular flexibility index (Phi) is 7.23. The Labute approximate surface area is 212 Å². The number of H-pyrrole nitrogens is 1. The summed E-state index contributed by atoms with van der Waals surface area (Å²) in [4.78, 5) is 21.0. The number of anilines is 1. The molecule has 5 rings (SSSR count). The minimum atomic E-state index is 0.0363. The van der Waals surface area contributed by atoms with Gasteiger partial charge in [0.05, 0.1) is 13.7 Å². The molecule has 2 heterocycles. The molecule has 1 fully saturated rings. The zero-order valence-electron chi connectivity index (χ0n) is 21.0. The van der Waals surface area contributed by atoms with Gasteiger partial charge in [-0.3, -0.25) is 9.69 Å².